The first-order chi connectivity index (χ1) is 10.7. The molecule has 0 heterocycles. The van der Waals surface area contributed by atoms with E-state index < -0.39 is 0 Å². The Hall–Kier alpha value is -2.30. The Labute approximate surface area is 132 Å². The molecule has 0 N–H and O–H groups in total. The fourth-order valence-corrected chi connectivity index (χ4v) is 2.94. The first-order valence-corrected chi connectivity index (χ1v) is 7.53. The summed E-state index contributed by atoms with van der Waals surface area (Å²) >= 11 is 0. The van der Waals surface area contributed by atoms with E-state index in [1.165, 1.54) is 11.1 Å². The van der Waals surface area contributed by atoms with Crippen LogP contribution >= 0.6 is 0 Å². The van der Waals surface area contributed by atoms with Gasteiger partial charge >= 0.3 is 0 Å². The van der Waals surface area contributed by atoms with Gasteiger partial charge in [-0.05, 0) is 24.0 Å². The highest BCUT2D eigenvalue weighted by Crippen LogP contribution is 2.35. The number of likely N-dealkylation sites (N-methyl/N-ethyl adjacent to an activating group) is 1. The van der Waals surface area contributed by atoms with Crippen molar-refractivity contribution < 1.29 is 4.79 Å². The van der Waals surface area contributed by atoms with Crippen LogP contribution in [0.3, 0.4) is 0 Å². The summed E-state index contributed by atoms with van der Waals surface area (Å²) in [7, 11) is 1.73. The van der Waals surface area contributed by atoms with Crippen molar-refractivity contribution in [1.82, 2.24) is 9.80 Å². The van der Waals surface area contributed by atoms with Gasteiger partial charge in [-0.15, -0.1) is 6.42 Å². The summed E-state index contributed by atoms with van der Waals surface area (Å²) in [5.74, 6) is 2.67. The average Bonchev–Trinajstić information content (AvgIpc) is 2.96. The minimum absolute atomic E-state index is 0.00915. The molecule has 4 nitrogen and oxygen atoms in total. The second-order valence-corrected chi connectivity index (χ2v) is 5.59. The number of hydrogen-bond donors (Lipinski definition) is 0. The number of nitriles is 1. The largest absolute Gasteiger partial charge is 0.344 e. The lowest BCUT2D eigenvalue weighted by Gasteiger charge is -2.29. The molecular weight excluding hydrogens is 274 g/mol. The molecule has 1 amide bonds. The zero-order valence-electron chi connectivity index (χ0n) is 13.0. The number of benzene rings is 1. The van der Waals surface area contributed by atoms with Crippen LogP contribution in [0.15, 0.2) is 24.3 Å². The van der Waals surface area contributed by atoms with E-state index in [9.17, 15) is 4.79 Å². The molecular formula is C18H21N3O. The molecule has 2 rings (SSSR count). The number of fused-ring (bicyclic) bond motifs is 1. The molecule has 114 valence electrons. The summed E-state index contributed by atoms with van der Waals surface area (Å²) in [6.07, 6.45) is 7.86. The molecule has 1 aliphatic carbocycles. The smallest absolute Gasteiger partial charge is 0.236 e. The Morgan fingerprint density at radius 2 is 2.23 bits per heavy atom. The van der Waals surface area contributed by atoms with Crippen molar-refractivity contribution in [3.05, 3.63) is 35.4 Å². The lowest BCUT2D eigenvalue weighted by atomic mass is 10.1. The van der Waals surface area contributed by atoms with Crippen LogP contribution in [0.5, 0.6) is 0 Å². The Morgan fingerprint density at radius 1 is 1.45 bits per heavy atom. The second-order valence-electron chi connectivity index (χ2n) is 5.59. The number of amides is 1. The van der Waals surface area contributed by atoms with Gasteiger partial charge in [0.25, 0.3) is 0 Å². The predicted molar refractivity (Wildman–Crippen MR) is 85.8 cm³/mol. The molecule has 0 saturated heterocycles. The summed E-state index contributed by atoms with van der Waals surface area (Å²) in [4.78, 5) is 16.0. The first-order valence-electron chi connectivity index (χ1n) is 7.53. The van der Waals surface area contributed by atoms with E-state index in [0.29, 0.717) is 26.1 Å². The quantitative estimate of drug-likeness (QED) is 0.754. The molecule has 0 unspecified atom stereocenters. The van der Waals surface area contributed by atoms with Crippen molar-refractivity contribution in [2.75, 3.05) is 26.7 Å². The number of aryl methyl sites for hydroxylation is 1. The minimum atomic E-state index is 0.00915. The topological polar surface area (TPSA) is 47.3 Å². The Kier molecular flexibility index (Phi) is 5.58. The van der Waals surface area contributed by atoms with Gasteiger partial charge in [0.2, 0.25) is 5.91 Å². The van der Waals surface area contributed by atoms with Gasteiger partial charge in [0.05, 0.1) is 25.6 Å². The average molecular weight is 295 g/mol. The number of carbonyl (C=O) groups is 1. The summed E-state index contributed by atoms with van der Waals surface area (Å²) in [5.41, 5.74) is 2.63. The summed E-state index contributed by atoms with van der Waals surface area (Å²) < 4.78 is 0. The molecule has 0 radical (unpaired) electrons. The van der Waals surface area contributed by atoms with Crippen molar-refractivity contribution in [2.24, 2.45) is 0 Å². The highest BCUT2D eigenvalue weighted by atomic mass is 16.2. The third-order valence-electron chi connectivity index (χ3n) is 4.16. The van der Waals surface area contributed by atoms with Crippen molar-refractivity contribution in [2.45, 2.75) is 25.3 Å². The Morgan fingerprint density at radius 3 is 2.95 bits per heavy atom. The van der Waals surface area contributed by atoms with E-state index in [1.54, 1.807) is 11.9 Å². The summed E-state index contributed by atoms with van der Waals surface area (Å²) in [6, 6.07) is 10.6. The molecule has 1 aliphatic rings. The highest BCUT2D eigenvalue weighted by Gasteiger charge is 2.28. The lowest BCUT2D eigenvalue weighted by molar-refractivity contribution is -0.131. The van der Waals surface area contributed by atoms with E-state index in [1.807, 2.05) is 12.1 Å². The molecule has 1 aromatic rings. The lowest BCUT2D eigenvalue weighted by Crippen LogP contribution is -2.40. The van der Waals surface area contributed by atoms with Gasteiger partial charge in [-0.3, -0.25) is 9.69 Å². The van der Waals surface area contributed by atoms with Crippen LogP contribution in [-0.2, 0) is 11.2 Å². The summed E-state index contributed by atoms with van der Waals surface area (Å²) in [5, 5.41) is 8.62. The van der Waals surface area contributed by atoms with E-state index in [0.717, 1.165) is 12.8 Å². The molecule has 0 saturated carbocycles. The monoisotopic (exact) mass is 295 g/mol. The van der Waals surface area contributed by atoms with Crippen molar-refractivity contribution >= 4 is 5.91 Å². The van der Waals surface area contributed by atoms with Crippen LogP contribution in [0.1, 0.15) is 30.0 Å². The first kappa shape index (κ1) is 16.1. The van der Waals surface area contributed by atoms with Gasteiger partial charge < -0.3 is 4.90 Å². The van der Waals surface area contributed by atoms with E-state index in [2.05, 4.69) is 29.0 Å². The second kappa shape index (κ2) is 7.64. The number of terminal acetylenes is 1. The molecule has 0 aliphatic heterocycles. The SMILES string of the molecule is C#CCN(CC(=O)N(C)CCC#N)[C@H]1CCc2ccccc21. The van der Waals surface area contributed by atoms with Crippen molar-refractivity contribution in [1.29, 1.82) is 5.26 Å². The molecule has 0 fully saturated rings. The molecule has 0 spiro atoms. The van der Waals surface area contributed by atoms with Crippen LogP contribution in [0.2, 0.25) is 0 Å². The third-order valence-corrected chi connectivity index (χ3v) is 4.16. The molecule has 1 aromatic carbocycles. The normalized spacial score (nSPS) is 15.9. The van der Waals surface area contributed by atoms with Gasteiger partial charge in [-0.25, -0.2) is 0 Å². The highest BCUT2D eigenvalue weighted by molar-refractivity contribution is 5.78. The van der Waals surface area contributed by atoms with Gasteiger partial charge in [-0.1, -0.05) is 30.2 Å². The van der Waals surface area contributed by atoms with E-state index in [4.69, 9.17) is 11.7 Å². The number of carbonyl (C=O) groups excluding carboxylic acids is 1. The van der Waals surface area contributed by atoms with Gasteiger partial charge in [0.15, 0.2) is 0 Å². The molecule has 0 aromatic heterocycles. The van der Waals surface area contributed by atoms with Crippen LogP contribution < -0.4 is 0 Å². The standard InChI is InChI=1S/C18H21N3O/c1-3-12-21(14-18(22)20(2)13-6-11-19)17-10-9-15-7-4-5-8-16(15)17/h1,4-5,7-8,17H,6,9-10,12-14H2,2H3/t17-/m0/s1. The van der Waals surface area contributed by atoms with Crippen molar-refractivity contribution in [3.63, 3.8) is 0 Å². The van der Waals surface area contributed by atoms with Gasteiger partial charge in [-0.2, -0.15) is 5.26 Å². The van der Waals surface area contributed by atoms with E-state index >= 15 is 0 Å². The molecule has 1 atom stereocenters. The maximum atomic E-state index is 12.3. The van der Waals surface area contributed by atoms with Gasteiger partial charge in [0, 0.05) is 19.6 Å². The fourth-order valence-electron chi connectivity index (χ4n) is 2.94. The van der Waals surface area contributed by atoms with Crippen LogP contribution in [0.4, 0.5) is 0 Å². The van der Waals surface area contributed by atoms with E-state index in [-0.39, 0.29) is 11.9 Å². The predicted octanol–water partition coefficient (Wildman–Crippen LogP) is 1.98. The Bertz CT molecular complexity index is 611. The minimum Gasteiger partial charge on any atom is -0.344 e. The molecule has 22 heavy (non-hydrogen) atoms. The van der Waals surface area contributed by atoms with Crippen LogP contribution in [-0.4, -0.2) is 42.4 Å². The number of hydrogen-bond acceptors (Lipinski definition) is 3. The van der Waals surface area contributed by atoms with Crippen LogP contribution in [0, 0.1) is 23.7 Å². The number of rotatable bonds is 6. The van der Waals surface area contributed by atoms with Crippen molar-refractivity contribution in [3.8, 4) is 18.4 Å². The third kappa shape index (κ3) is 3.67. The maximum absolute atomic E-state index is 12.3. The fraction of sp³-hybridized carbons (Fsp3) is 0.444. The molecule has 4 heteroatoms. The van der Waals surface area contributed by atoms with Gasteiger partial charge in [0.1, 0.15) is 0 Å². The van der Waals surface area contributed by atoms with Crippen LogP contribution in [0.25, 0.3) is 0 Å². The maximum Gasteiger partial charge on any atom is 0.236 e. The number of nitrogens with zero attached hydrogens (tertiary/aromatic N) is 3. The Balaban J connectivity index is 2.07. The zero-order chi connectivity index (χ0) is 15.9. The summed E-state index contributed by atoms with van der Waals surface area (Å²) in [6.45, 7) is 1.21. The molecule has 0 bridgehead atoms. The zero-order valence-corrected chi connectivity index (χ0v) is 13.0.